The van der Waals surface area contributed by atoms with Gasteiger partial charge in [-0.2, -0.15) is 0 Å². The van der Waals surface area contributed by atoms with E-state index in [4.69, 9.17) is 4.74 Å². The fraction of sp³-hybridized carbons (Fsp3) is 0.929. The molecule has 0 spiro atoms. The summed E-state index contributed by atoms with van der Waals surface area (Å²) in [7, 11) is 0. The Morgan fingerprint density at radius 2 is 1.94 bits per heavy atom. The first-order valence-corrected chi connectivity index (χ1v) is 7.42. The van der Waals surface area contributed by atoms with Crippen molar-refractivity contribution in [1.29, 1.82) is 0 Å². The maximum atomic E-state index is 12.4. The molecule has 1 heterocycles. The van der Waals surface area contributed by atoms with Gasteiger partial charge in [0.1, 0.15) is 5.54 Å². The lowest BCUT2D eigenvalue weighted by molar-refractivity contribution is -0.160. The first kappa shape index (κ1) is 13.8. The molecule has 0 atom stereocenters. The average molecular weight is 254 g/mol. The Balaban J connectivity index is 2.13. The highest BCUT2D eigenvalue weighted by Gasteiger charge is 2.45. The predicted molar refractivity (Wildman–Crippen MR) is 71.5 cm³/mol. The van der Waals surface area contributed by atoms with Gasteiger partial charge in [-0.15, -0.1) is 0 Å². The van der Waals surface area contributed by atoms with Crippen LogP contribution in [0.15, 0.2) is 0 Å². The molecule has 18 heavy (non-hydrogen) atoms. The second-order valence-corrected chi connectivity index (χ2v) is 5.40. The highest BCUT2D eigenvalue weighted by Crippen LogP contribution is 2.35. The van der Waals surface area contributed by atoms with E-state index in [2.05, 4.69) is 10.2 Å². The Kier molecular flexibility index (Phi) is 5.01. The Morgan fingerprint density at radius 1 is 1.17 bits per heavy atom. The Bertz CT molecular complexity index is 267. The van der Waals surface area contributed by atoms with E-state index in [1.165, 1.54) is 6.42 Å². The van der Waals surface area contributed by atoms with Crippen LogP contribution >= 0.6 is 0 Å². The van der Waals surface area contributed by atoms with Gasteiger partial charge in [0.05, 0.1) is 6.61 Å². The zero-order chi connectivity index (χ0) is 12.8. The highest BCUT2D eigenvalue weighted by atomic mass is 16.5. The maximum absolute atomic E-state index is 12.4. The monoisotopic (exact) mass is 254 g/mol. The summed E-state index contributed by atoms with van der Waals surface area (Å²) in [5, 5.41) is 3.41. The van der Waals surface area contributed by atoms with Gasteiger partial charge < -0.3 is 10.1 Å². The summed E-state index contributed by atoms with van der Waals surface area (Å²) in [5.41, 5.74) is -0.319. The quantitative estimate of drug-likeness (QED) is 0.776. The lowest BCUT2D eigenvalue weighted by Gasteiger charge is -2.43. The molecule has 1 saturated carbocycles. The van der Waals surface area contributed by atoms with Gasteiger partial charge >= 0.3 is 5.97 Å². The number of nitrogens with zero attached hydrogens (tertiary/aromatic N) is 1. The zero-order valence-corrected chi connectivity index (χ0v) is 11.5. The standard InChI is InChI=1S/C14H26N2O2/c1-2-18-13(17)14(7-4-3-5-8-14)16-11-6-9-15-10-12-16/h15H,2-12H2,1H3. The van der Waals surface area contributed by atoms with Crippen LogP contribution in [0.1, 0.15) is 45.4 Å². The van der Waals surface area contributed by atoms with Crippen LogP contribution in [-0.4, -0.2) is 49.2 Å². The number of esters is 1. The minimum Gasteiger partial charge on any atom is -0.465 e. The van der Waals surface area contributed by atoms with Gasteiger partial charge in [-0.1, -0.05) is 19.3 Å². The van der Waals surface area contributed by atoms with Crippen molar-refractivity contribution in [3.05, 3.63) is 0 Å². The molecule has 0 aromatic carbocycles. The van der Waals surface area contributed by atoms with Gasteiger partial charge in [0, 0.05) is 19.6 Å². The fourth-order valence-corrected chi connectivity index (χ4v) is 3.33. The second-order valence-electron chi connectivity index (χ2n) is 5.40. The molecular formula is C14H26N2O2. The Labute approximate surface area is 110 Å². The van der Waals surface area contributed by atoms with Crippen LogP contribution in [0.3, 0.4) is 0 Å². The van der Waals surface area contributed by atoms with Crippen molar-refractivity contribution in [3.8, 4) is 0 Å². The summed E-state index contributed by atoms with van der Waals surface area (Å²) in [5.74, 6) is 0.0200. The molecule has 1 aliphatic heterocycles. The van der Waals surface area contributed by atoms with Crippen molar-refractivity contribution in [2.45, 2.75) is 51.0 Å². The van der Waals surface area contributed by atoms with Crippen LogP contribution in [0.2, 0.25) is 0 Å². The largest absolute Gasteiger partial charge is 0.465 e. The van der Waals surface area contributed by atoms with E-state index in [0.29, 0.717) is 6.61 Å². The van der Waals surface area contributed by atoms with Crippen molar-refractivity contribution in [1.82, 2.24) is 10.2 Å². The fourth-order valence-electron chi connectivity index (χ4n) is 3.33. The lowest BCUT2D eigenvalue weighted by atomic mass is 9.80. The minimum absolute atomic E-state index is 0.0200. The molecule has 0 radical (unpaired) electrons. The number of hydrogen-bond acceptors (Lipinski definition) is 4. The number of nitrogens with one attached hydrogen (secondary N) is 1. The van der Waals surface area contributed by atoms with Crippen molar-refractivity contribution in [2.75, 3.05) is 32.8 Å². The highest BCUT2D eigenvalue weighted by molar-refractivity contribution is 5.81. The van der Waals surface area contributed by atoms with Gasteiger partial charge in [-0.3, -0.25) is 9.69 Å². The number of carbonyl (C=O) groups excluding carboxylic acids is 1. The summed E-state index contributed by atoms with van der Waals surface area (Å²) in [6.45, 7) is 6.44. The molecule has 0 amide bonds. The van der Waals surface area contributed by atoms with Gasteiger partial charge in [0.25, 0.3) is 0 Å². The van der Waals surface area contributed by atoms with Crippen LogP contribution in [0, 0.1) is 0 Å². The SMILES string of the molecule is CCOC(=O)C1(N2CCCNCC2)CCCCC1. The van der Waals surface area contributed by atoms with E-state index in [0.717, 1.165) is 58.3 Å². The van der Waals surface area contributed by atoms with E-state index in [9.17, 15) is 4.79 Å². The van der Waals surface area contributed by atoms with Crippen molar-refractivity contribution in [3.63, 3.8) is 0 Å². The Hall–Kier alpha value is -0.610. The van der Waals surface area contributed by atoms with E-state index >= 15 is 0 Å². The third kappa shape index (κ3) is 2.86. The van der Waals surface area contributed by atoms with Crippen molar-refractivity contribution in [2.24, 2.45) is 0 Å². The van der Waals surface area contributed by atoms with E-state index in [1.807, 2.05) is 6.92 Å². The molecule has 1 saturated heterocycles. The van der Waals surface area contributed by atoms with Crippen LogP contribution in [0.4, 0.5) is 0 Å². The summed E-state index contributed by atoms with van der Waals surface area (Å²) >= 11 is 0. The first-order valence-electron chi connectivity index (χ1n) is 7.42. The van der Waals surface area contributed by atoms with Gasteiger partial charge in [-0.05, 0) is 32.7 Å². The molecule has 2 aliphatic rings. The summed E-state index contributed by atoms with van der Waals surface area (Å²) < 4.78 is 5.38. The smallest absolute Gasteiger partial charge is 0.326 e. The second kappa shape index (κ2) is 6.53. The molecule has 0 unspecified atom stereocenters. The molecule has 1 aliphatic carbocycles. The number of rotatable bonds is 3. The molecule has 0 aromatic heterocycles. The molecule has 4 heteroatoms. The van der Waals surface area contributed by atoms with Crippen molar-refractivity contribution < 1.29 is 9.53 Å². The van der Waals surface area contributed by atoms with Crippen LogP contribution < -0.4 is 5.32 Å². The molecule has 1 N–H and O–H groups in total. The summed E-state index contributed by atoms with van der Waals surface area (Å²) in [6, 6.07) is 0. The normalized spacial score (nSPS) is 25.4. The molecule has 2 fully saturated rings. The topological polar surface area (TPSA) is 41.6 Å². The van der Waals surface area contributed by atoms with E-state index in [-0.39, 0.29) is 11.5 Å². The maximum Gasteiger partial charge on any atom is 0.326 e. The van der Waals surface area contributed by atoms with Gasteiger partial charge in [0.2, 0.25) is 0 Å². The van der Waals surface area contributed by atoms with E-state index < -0.39 is 0 Å². The van der Waals surface area contributed by atoms with Gasteiger partial charge in [0.15, 0.2) is 0 Å². The molecule has 104 valence electrons. The zero-order valence-electron chi connectivity index (χ0n) is 11.5. The molecule has 4 nitrogen and oxygen atoms in total. The first-order chi connectivity index (χ1) is 8.79. The van der Waals surface area contributed by atoms with Crippen LogP contribution in [-0.2, 0) is 9.53 Å². The minimum atomic E-state index is -0.319. The van der Waals surface area contributed by atoms with Crippen LogP contribution in [0.25, 0.3) is 0 Å². The van der Waals surface area contributed by atoms with E-state index in [1.54, 1.807) is 0 Å². The average Bonchev–Trinajstić information content (AvgIpc) is 2.69. The summed E-state index contributed by atoms with van der Waals surface area (Å²) in [6.07, 6.45) is 6.65. The Morgan fingerprint density at radius 3 is 2.67 bits per heavy atom. The summed E-state index contributed by atoms with van der Waals surface area (Å²) in [4.78, 5) is 14.8. The molecular weight excluding hydrogens is 228 g/mol. The number of hydrogen-bond donors (Lipinski definition) is 1. The third-order valence-corrected chi connectivity index (χ3v) is 4.28. The molecule has 0 bridgehead atoms. The van der Waals surface area contributed by atoms with Gasteiger partial charge in [-0.25, -0.2) is 0 Å². The number of ether oxygens (including phenoxy) is 1. The molecule has 2 rings (SSSR count). The third-order valence-electron chi connectivity index (χ3n) is 4.28. The molecule has 0 aromatic rings. The van der Waals surface area contributed by atoms with Crippen molar-refractivity contribution >= 4 is 5.97 Å². The predicted octanol–water partition coefficient (Wildman–Crippen LogP) is 1.55. The lowest BCUT2D eigenvalue weighted by Crippen LogP contribution is -2.57. The van der Waals surface area contributed by atoms with Crippen LogP contribution in [0.5, 0.6) is 0 Å². The number of carbonyl (C=O) groups is 1.